The average Bonchev–Trinajstić information content (AvgIpc) is 3.06. The van der Waals surface area contributed by atoms with Crippen LogP contribution >= 0.6 is 0 Å². The quantitative estimate of drug-likeness (QED) is 0.0889. The van der Waals surface area contributed by atoms with Gasteiger partial charge in [0.05, 0.1) is 13.2 Å². The number of ether oxygens (including phenoxy) is 2. The number of phenolic OH excluding ortho intramolecular Hbond substituents is 2. The van der Waals surface area contributed by atoms with Gasteiger partial charge in [0.2, 0.25) is 0 Å². The van der Waals surface area contributed by atoms with Gasteiger partial charge in [-0.25, -0.2) is 0 Å². The fourth-order valence-electron chi connectivity index (χ4n) is 6.09. The first-order chi connectivity index (χ1) is 22.5. The maximum Gasteiger partial charge on any atom is 0.150 e. The van der Waals surface area contributed by atoms with E-state index < -0.39 is 5.66 Å². The van der Waals surface area contributed by atoms with Crippen LogP contribution in [0.25, 0.3) is 0 Å². The fraction of sp³-hybridized carbons (Fsp3) is 0.650. The SMILES string of the molecule is CCCCCCCCCCOc1ccc(C=NC2(N=Cc3ccc(OCCCCCCCCCC)cc3O)CCCCC2)c(O)c1. The smallest absolute Gasteiger partial charge is 0.150 e. The molecule has 0 saturated heterocycles. The van der Waals surface area contributed by atoms with E-state index in [1.54, 1.807) is 24.6 Å². The summed E-state index contributed by atoms with van der Waals surface area (Å²) in [6.07, 6.45) is 28.6. The molecule has 2 aromatic carbocycles. The Morgan fingerprint density at radius 2 is 0.957 bits per heavy atom. The van der Waals surface area contributed by atoms with Crippen LogP contribution in [0.4, 0.5) is 0 Å². The molecule has 2 N–H and O–H groups in total. The number of hydrogen-bond donors (Lipinski definition) is 2. The topological polar surface area (TPSA) is 83.6 Å². The first kappa shape index (κ1) is 37.4. The molecule has 0 bridgehead atoms. The highest BCUT2D eigenvalue weighted by atomic mass is 16.5. The zero-order valence-corrected chi connectivity index (χ0v) is 29.0. The van der Waals surface area contributed by atoms with Crippen molar-refractivity contribution >= 4 is 12.4 Å². The molecule has 2 aromatic rings. The lowest BCUT2D eigenvalue weighted by Gasteiger charge is -2.29. The molecule has 1 aliphatic rings. The third-order valence-electron chi connectivity index (χ3n) is 9.08. The Morgan fingerprint density at radius 1 is 0.565 bits per heavy atom. The predicted octanol–water partition coefficient (Wildman–Crippen LogP) is 11.3. The zero-order valence-electron chi connectivity index (χ0n) is 29.0. The first-order valence-corrected chi connectivity index (χ1v) is 18.6. The van der Waals surface area contributed by atoms with Crippen molar-refractivity contribution in [2.45, 2.75) is 154 Å². The summed E-state index contributed by atoms with van der Waals surface area (Å²) in [4.78, 5) is 9.83. The summed E-state index contributed by atoms with van der Waals surface area (Å²) in [6, 6.07) is 10.9. The number of rotatable bonds is 24. The summed E-state index contributed by atoms with van der Waals surface area (Å²) in [6.45, 7) is 5.83. The number of phenols is 2. The molecule has 0 unspecified atom stereocenters. The van der Waals surface area contributed by atoms with E-state index in [0.29, 0.717) is 35.8 Å². The highest BCUT2D eigenvalue weighted by Gasteiger charge is 2.30. The van der Waals surface area contributed by atoms with Crippen LogP contribution in [-0.4, -0.2) is 41.5 Å². The van der Waals surface area contributed by atoms with Gasteiger partial charge in [-0.15, -0.1) is 0 Å². The zero-order chi connectivity index (χ0) is 32.7. The minimum atomic E-state index is -0.603. The van der Waals surface area contributed by atoms with Gasteiger partial charge < -0.3 is 19.7 Å². The molecule has 0 radical (unpaired) electrons. The number of aromatic hydroxyl groups is 2. The third kappa shape index (κ3) is 14.6. The molecule has 256 valence electrons. The minimum absolute atomic E-state index is 0.160. The maximum atomic E-state index is 10.7. The van der Waals surface area contributed by atoms with Crippen LogP contribution in [0.1, 0.15) is 160 Å². The van der Waals surface area contributed by atoms with Crippen LogP contribution in [0.2, 0.25) is 0 Å². The van der Waals surface area contributed by atoms with Crippen LogP contribution in [0.3, 0.4) is 0 Å². The molecule has 0 atom stereocenters. The molecule has 46 heavy (non-hydrogen) atoms. The van der Waals surface area contributed by atoms with E-state index in [4.69, 9.17) is 19.5 Å². The van der Waals surface area contributed by atoms with E-state index in [2.05, 4.69) is 13.8 Å². The monoisotopic (exact) mass is 634 g/mol. The number of aliphatic imine (C=N–C) groups is 2. The molecular formula is C40H62N2O4. The third-order valence-corrected chi connectivity index (χ3v) is 9.08. The second kappa shape index (κ2) is 22.5. The molecule has 6 nitrogen and oxygen atoms in total. The van der Waals surface area contributed by atoms with Gasteiger partial charge in [-0.2, -0.15) is 0 Å². The highest BCUT2D eigenvalue weighted by Crippen LogP contribution is 2.34. The Morgan fingerprint density at radius 3 is 1.35 bits per heavy atom. The van der Waals surface area contributed by atoms with Crippen molar-refractivity contribution < 1.29 is 19.7 Å². The average molecular weight is 635 g/mol. The predicted molar refractivity (Wildman–Crippen MR) is 193 cm³/mol. The Labute approximate surface area is 279 Å². The Bertz CT molecular complexity index is 1070. The van der Waals surface area contributed by atoms with Gasteiger partial charge in [-0.3, -0.25) is 9.98 Å². The van der Waals surface area contributed by atoms with E-state index in [0.717, 1.165) is 38.5 Å². The second-order valence-electron chi connectivity index (χ2n) is 13.1. The first-order valence-electron chi connectivity index (χ1n) is 18.6. The Hall–Kier alpha value is -3.02. The van der Waals surface area contributed by atoms with Crippen molar-refractivity contribution in [1.29, 1.82) is 0 Å². The van der Waals surface area contributed by atoms with Crippen molar-refractivity contribution in [3.63, 3.8) is 0 Å². The molecule has 1 fully saturated rings. The molecule has 1 saturated carbocycles. The van der Waals surface area contributed by atoms with Crippen LogP contribution in [0.15, 0.2) is 46.4 Å². The van der Waals surface area contributed by atoms with E-state index in [1.807, 2.05) is 24.3 Å². The van der Waals surface area contributed by atoms with Crippen LogP contribution < -0.4 is 9.47 Å². The lowest BCUT2D eigenvalue weighted by Crippen LogP contribution is -2.27. The Balaban J connectivity index is 1.48. The molecular weight excluding hydrogens is 572 g/mol. The largest absolute Gasteiger partial charge is 0.507 e. The van der Waals surface area contributed by atoms with Gasteiger partial charge in [0.25, 0.3) is 0 Å². The molecule has 1 aliphatic carbocycles. The summed E-state index contributed by atoms with van der Waals surface area (Å²) in [5.74, 6) is 1.69. The summed E-state index contributed by atoms with van der Waals surface area (Å²) in [7, 11) is 0. The van der Waals surface area contributed by atoms with E-state index in [9.17, 15) is 10.2 Å². The van der Waals surface area contributed by atoms with Gasteiger partial charge in [0, 0.05) is 35.7 Å². The van der Waals surface area contributed by atoms with Gasteiger partial charge in [-0.05, 0) is 62.8 Å². The van der Waals surface area contributed by atoms with Gasteiger partial charge in [-0.1, -0.05) is 110 Å². The number of hydrogen-bond acceptors (Lipinski definition) is 6. The summed E-state index contributed by atoms with van der Waals surface area (Å²) in [5.41, 5.74) is 0.704. The van der Waals surface area contributed by atoms with Crippen molar-refractivity contribution in [3.05, 3.63) is 47.5 Å². The molecule has 0 amide bonds. The molecule has 3 rings (SSSR count). The second-order valence-corrected chi connectivity index (χ2v) is 13.1. The van der Waals surface area contributed by atoms with Crippen molar-refractivity contribution in [2.24, 2.45) is 9.98 Å². The van der Waals surface area contributed by atoms with E-state index in [-0.39, 0.29) is 11.5 Å². The van der Waals surface area contributed by atoms with Gasteiger partial charge in [0.15, 0.2) is 0 Å². The van der Waals surface area contributed by atoms with E-state index >= 15 is 0 Å². The van der Waals surface area contributed by atoms with Crippen LogP contribution in [-0.2, 0) is 0 Å². The molecule has 0 aliphatic heterocycles. The number of benzene rings is 2. The number of nitrogens with zero attached hydrogens (tertiary/aromatic N) is 2. The summed E-state index contributed by atoms with van der Waals surface area (Å²) >= 11 is 0. The minimum Gasteiger partial charge on any atom is -0.507 e. The molecule has 6 heteroatoms. The maximum absolute atomic E-state index is 10.7. The lowest BCUT2D eigenvalue weighted by atomic mass is 9.90. The fourth-order valence-corrected chi connectivity index (χ4v) is 6.09. The van der Waals surface area contributed by atoms with Gasteiger partial charge in [0.1, 0.15) is 28.7 Å². The molecule has 0 spiro atoms. The normalized spacial score (nSPS) is 14.7. The van der Waals surface area contributed by atoms with Crippen molar-refractivity contribution in [3.8, 4) is 23.0 Å². The number of unbranched alkanes of at least 4 members (excludes halogenated alkanes) is 14. The Kier molecular flexibility index (Phi) is 18.3. The standard InChI is InChI=1S/C40H62N2O4/c1-3-5-7-9-11-13-15-20-28-45-36-24-22-34(38(43)30-36)32-41-40(26-18-17-19-27-40)42-33-35-23-25-37(31-39(35)44)46-29-21-16-14-12-10-8-6-4-2/h22-25,30-33,43-44H,3-21,26-29H2,1-2H3. The summed E-state index contributed by atoms with van der Waals surface area (Å²) in [5, 5.41) is 21.4. The van der Waals surface area contributed by atoms with E-state index in [1.165, 1.54) is 96.3 Å². The van der Waals surface area contributed by atoms with Crippen LogP contribution in [0, 0.1) is 0 Å². The van der Waals surface area contributed by atoms with Crippen LogP contribution in [0.5, 0.6) is 23.0 Å². The van der Waals surface area contributed by atoms with Gasteiger partial charge >= 0.3 is 0 Å². The highest BCUT2D eigenvalue weighted by molar-refractivity contribution is 5.85. The molecule has 0 aromatic heterocycles. The lowest BCUT2D eigenvalue weighted by molar-refractivity contribution is 0.302. The summed E-state index contributed by atoms with van der Waals surface area (Å²) < 4.78 is 11.8. The molecule has 0 heterocycles. The van der Waals surface area contributed by atoms with Crippen molar-refractivity contribution in [2.75, 3.05) is 13.2 Å². The van der Waals surface area contributed by atoms with Crippen molar-refractivity contribution in [1.82, 2.24) is 0 Å².